The van der Waals surface area contributed by atoms with Gasteiger partial charge in [0.1, 0.15) is 5.76 Å². The molecule has 0 amide bonds. The number of ether oxygens (including phenoxy) is 1. The second-order valence-electron chi connectivity index (χ2n) is 6.61. The highest BCUT2D eigenvalue weighted by atomic mass is 16.5. The minimum Gasteiger partial charge on any atom is -0.444 e. The van der Waals surface area contributed by atoms with Gasteiger partial charge in [-0.1, -0.05) is 13.8 Å². The number of likely N-dealkylation sites (tertiary alicyclic amines) is 1. The summed E-state index contributed by atoms with van der Waals surface area (Å²) in [5.41, 5.74) is 0. The molecule has 2 aliphatic rings. The van der Waals surface area contributed by atoms with Gasteiger partial charge in [0.25, 0.3) is 0 Å². The summed E-state index contributed by atoms with van der Waals surface area (Å²) >= 11 is 0. The first-order valence-corrected chi connectivity index (χ1v) is 8.18. The largest absolute Gasteiger partial charge is 0.444 e. The molecule has 118 valence electrons. The van der Waals surface area contributed by atoms with Gasteiger partial charge in [0.2, 0.25) is 5.89 Å². The van der Waals surface area contributed by atoms with Gasteiger partial charge in [0, 0.05) is 32.1 Å². The van der Waals surface area contributed by atoms with Crippen LogP contribution in [0.5, 0.6) is 0 Å². The summed E-state index contributed by atoms with van der Waals surface area (Å²) in [6.45, 7) is 12.6. The van der Waals surface area contributed by atoms with E-state index in [0.717, 1.165) is 63.5 Å². The van der Waals surface area contributed by atoms with Crippen LogP contribution in [0.1, 0.15) is 37.8 Å². The van der Waals surface area contributed by atoms with Crippen molar-refractivity contribution in [2.24, 2.45) is 5.92 Å². The van der Waals surface area contributed by atoms with Gasteiger partial charge in [-0.15, -0.1) is 0 Å². The first-order valence-electron chi connectivity index (χ1n) is 8.18. The van der Waals surface area contributed by atoms with Crippen LogP contribution in [-0.4, -0.2) is 60.7 Å². The molecule has 5 heteroatoms. The molecule has 0 N–H and O–H groups in total. The first kappa shape index (κ1) is 15.0. The quantitative estimate of drug-likeness (QED) is 0.830. The van der Waals surface area contributed by atoms with Crippen molar-refractivity contribution in [1.29, 1.82) is 0 Å². The lowest BCUT2D eigenvalue weighted by Crippen LogP contribution is -2.39. The number of morpholine rings is 1. The van der Waals surface area contributed by atoms with E-state index in [2.05, 4.69) is 28.6 Å². The molecule has 2 fully saturated rings. The summed E-state index contributed by atoms with van der Waals surface area (Å²) in [7, 11) is 0. The molecular formula is C16H27N3O2. The Bertz CT molecular complexity index is 440. The molecule has 1 atom stereocenters. The van der Waals surface area contributed by atoms with Gasteiger partial charge in [0.15, 0.2) is 0 Å². The van der Waals surface area contributed by atoms with Crippen molar-refractivity contribution in [2.75, 3.05) is 45.9 Å². The fourth-order valence-electron chi connectivity index (χ4n) is 3.21. The Balaban J connectivity index is 1.45. The van der Waals surface area contributed by atoms with Crippen molar-refractivity contribution >= 4 is 0 Å². The fourth-order valence-corrected chi connectivity index (χ4v) is 3.21. The van der Waals surface area contributed by atoms with Crippen LogP contribution < -0.4 is 0 Å². The van der Waals surface area contributed by atoms with E-state index in [1.54, 1.807) is 0 Å². The number of nitrogens with zero attached hydrogens (tertiary/aromatic N) is 3. The Labute approximate surface area is 127 Å². The molecule has 0 saturated carbocycles. The van der Waals surface area contributed by atoms with Crippen LogP contribution in [-0.2, 0) is 11.3 Å². The van der Waals surface area contributed by atoms with E-state index in [1.807, 2.05) is 6.20 Å². The van der Waals surface area contributed by atoms with E-state index in [9.17, 15) is 0 Å². The Kier molecular flexibility index (Phi) is 4.93. The zero-order chi connectivity index (χ0) is 14.7. The molecule has 0 radical (unpaired) electrons. The summed E-state index contributed by atoms with van der Waals surface area (Å²) in [5.74, 6) is 3.06. The molecule has 3 heterocycles. The van der Waals surface area contributed by atoms with Crippen LogP contribution in [0.15, 0.2) is 10.6 Å². The summed E-state index contributed by atoms with van der Waals surface area (Å²) in [6, 6.07) is 0. The van der Waals surface area contributed by atoms with Gasteiger partial charge < -0.3 is 9.15 Å². The van der Waals surface area contributed by atoms with Crippen molar-refractivity contribution < 1.29 is 9.15 Å². The van der Waals surface area contributed by atoms with Gasteiger partial charge >= 0.3 is 0 Å². The third kappa shape index (κ3) is 4.05. The molecule has 1 aromatic rings. The molecule has 2 saturated heterocycles. The van der Waals surface area contributed by atoms with Crippen LogP contribution in [0.25, 0.3) is 0 Å². The molecule has 0 unspecified atom stereocenters. The number of hydrogen-bond donors (Lipinski definition) is 0. The van der Waals surface area contributed by atoms with E-state index in [-0.39, 0.29) is 0 Å². The van der Waals surface area contributed by atoms with Crippen LogP contribution in [0.4, 0.5) is 0 Å². The van der Waals surface area contributed by atoms with E-state index in [1.165, 1.54) is 13.0 Å². The highest BCUT2D eigenvalue weighted by Gasteiger charge is 2.26. The second kappa shape index (κ2) is 6.90. The SMILES string of the molecule is CC(C)c1cnc(CN2CC[C@H](CN3CCOCC3)C2)o1. The number of hydrogen-bond acceptors (Lipinski definition) is 5. The predicted octanol–water partition coefficient (Wildman–Crippen LogP) is 1.95. The van der Waals surface area contributed by atoms with E-state index in [0.29, 0.717) is 5.92 Å². The highest BCUT2D eigenvalue weighted by molar-refractivity contribution is 4.99. The second-order valence-corrected chi connectivity index (χ2v) is 6.61. The lowest BCUT2D eigenvalue weighted by molar-refractivity contribution is 0.0311. The maximum Gasteiger partial charge on any atom is 0.208 e. The summed E-state index contributed by atoms with van der Waals surface area (Å²) in [5, 5.41) is 0. The van der Waals surface area contributed by atoms with Crippen molar-refractivity contribution in [3.05, 3.63) is 17.8 Å². The fraction of sp³-hybridized carbons (Fsp3) is 0.812. The third-order valence-corrected chi connectivity index (χ3v) is 4.49. The summed E-state index contributed by atoms with van der Waals surface area (Å²) in [4.78, 5) is 9.42. The van der Waals surface area contributed by atoms with Crippen molar-refractivity contribution in [3.8, 4) is 0 Å². The third-order valence-electron chi connectivity index (χ3n) is 4.49. The van der Waals surface area contributed by atoms with Gasteiger partial charge in [0.05, 0.1) is 26.0 Å². The average molecular weight is 293 g/mol. The minimum atomic E-state index is 0.416. The predicted molar refractivity (Wildman–Crippen MR) is 81.2 cm³/mol. The monoisotopic (exact) mass is 293 g/mol. The smallest absolute Gasteiger partial charge is 0.208 e. The standard InChI is InChI=1S/C16H27N3O2/c1-13(2)15-9-17-16(21-15)12-19-4-3-14(11-19)10-18-5-7-20-8-6-18/h9,13-14H,3-8,10-12H2,1-2H3/t14-/m1/s1. The molecule has 0 spiro atoms. The van der Waals surface area contributed by atoms with Gasteiger partial charge in [-0.05, 0) is 18.9 Å². The van der Waals surface area contributed by atoms with Gasteiger partial charge in [-0.2, -0.15) is 0 Å². The van der Waals surface area contributed by atoms with Crippen molar-refractivity contribution in [2.45, 2.75) is 32.7 Å². The molecule has 0 aromatic carbocycles. The maximum absolute atomic E-state index is 5.81. The first-order chi connectivity index (χ1) is 10.2. The highest BCUT2D eigenvalue weighted by Crippen LogP contribution is 2.21. The molecule has 1 aromatic heterocycles. The Hall–Kier alpha value is -0.910. The lowest BCUT2D eigenvalue weighted by Gasteiger charge is -2.29. The molecular weight excluding hydrogens is 266 g/mol. The topological polar surface area (TPSA) is 41.7 Å². The van der Waals surface area contributed by atoms with E-state index in [4.69, 9.17) is 9.15 Å². The molecule has 0 aliphatic carbocycles. The molecule has 21 heavy (non-hydrogen) atoms. The van der Waals surface area contributed by atoms with Crippen LogP contribution in [0, 0.1) is 5.92 Å². The zero-order valence-corrected chi connectivity index (χ0v) is 13.3. The van der Waals surface area contributed by atoms with Crippen molar-refractivity contribution in [3.63, 3.8) is 0 Å². The Morgan fingerprint density at radius 1 is 1.24 bits per heavy atom. The van der Waals surface area contributed by atoms with E-state index < -0.39 is 0 Å². The Morgan fingerprint density at radius 3 is 2.76 bits per heavy atom. The van der Waals surface area contributed by atoms with Crippen LogP contribution in [0.2, 0.25) is 0 Å². The summed E-state index contributed by atoms with van der Waals surface area (Å²) < 4.78 is 11.2. The maximum atomic E-state index is 5.81. The number of aromatic nitrogens is 1. The van der Waals surface area contributed by atoms with Gasteiger partial charge in [-0.3, -0.25) is 9.80 Å². The minimum absolute atomic E-state index is 0.416. The molecule has 0 bridgehead atoms. The van der Waals surface area contributed by atoms with Gasteiger partial charge in [-0.25, -0.2) is 4.98 Å². The van der Waals surface area contributed by atoms with Crippen molar-refractivity contribution in [1.82, 2.24) is 14.8 Å². The lowest BCUT2D eigenvalue weighted by atomic mass is 10.1. The number of oxazole rings is 1. The molecule has 3 rings (SSSR count). The van der Waals surface area contributed by atoms with E-state index >= 15 is 0 Å². The summed E-state index contributed by atoms with van der Waals surface area (Å²) in [6.07, 6.45) is 3.16. The van der Waals surface area contributed by atoms with Crippen LogP contribution >= 0.6 is 0 Å². The normalized spacial score (nSPS) is 25.0. The Morgan fingerprint density at radius 2 is 2.05 bits per heavy atom. The van der Waals surface area contributed by atoms with Crippen LogP contribution in [0.3, 0.4) is 0 Å². The average Bonchev–Trinajstić information content (AvgIpc) is 3.10. The molecule has 5 nitrogen and oxygen atoms in total. The molecule has 2 aliphatic heterocycles. The zero-order valence-electron chi connectivity index (χ0n) is 13.3. The number of rotatable bonds is 5.